The van der Waals surface area contributed by atoms with Crippen LogP contribution < -0.4 is 10.6 Å². The van der Waals surface area contributed by atoms with Crippen molar-refractivity contribution in [1.82, 2.24) is 5.32 Å². The van der Waals surface area contributed by atoms with Gasteiger partial charge in [-0.3, -0.25) is 9.59 Å². The number of para-hydroxylation sites is 1. The number of carbonyl (C=O) groups is 2. The van der Waals surface area contributed by atoms with Gasteiger partial charge in [0.2, 0.25) is 5.91 Å². The summed E-state index contributed by atoms with van der Waals surface area (Å²) in [6, 6.07) is 17.1. The van der Waals surface area contributed by atoms with E-state index in [2.05, 4.69) is 10.6 Å². The lowest BCUT2D eigenvalue weighted by Gasteiger charge is -2.19. The molecule has 0 saturated heterocycles. The highest BCUT2D eigenvalue weighted by Crippen LogP contribution is 2.20. The Morgan fingerprint density at radius 1 is 0.917 bits per heavy atom. The molecule has 0 atom stereocenters. The summed E-state index contributed by atoms with van der Waals surface area (Å²) in [6.45, 7) is 6.06. The van der Waals surface area contributed by atoms with Gasteiger partial charge >= 0.3 is 0 Å². The first-order valence-electron chi connectivity index (χ1n) is 8.10. The van der Waals surface area contributed by atoms with Crippen LogP contribution in [-0.4, -0.2) is 18.4 Å². The van der Waals surface area contributed by atoms with Gasteiger partial charge in [0.15, 0.2) is 0 Å². The molecule has 2 aromatic rings. The lowest BCUT2D eigenvalue weighted by atomic mass is 9.95. The van der Waals surface area contributed by atoms with Crippen molar-refractivity contribution in [3.8, 4) is 0 Å². The molecule has 2 aromatic carbocycles. The maximum atomic E-state index is 12.4. The van der Waals surface area contributed by atoms with E-state index in [1.54, 1.807) is 24.3 Å². The highest BCUT2D eigenvalue weighted by atomic mass is 16.2. The summed E-state index contributed by atoms with van der Waals surface area (Å²) in [5.41, 5.74) is 1.67. The van der Waals surface area contributed by atoms with E-state index in [1.165, 1.54) is 5.56 Å². The van der Waals surface area contributed by atoms with Gasteiger partial charge in [-0.05, 0) is 24.1 Å². The second kappa shape index (κ2) is 7.77. The van der Waals surface area contributed by atoms with Gasteiger partial charge in [-0.2, -0.15) is 0 Å². The highest BCUT2D eigenvalue weighted by molar-refractivity contribution is 6.04. The molecule has 0 bridgehead atoms. The molecular weight excluding hydrogens is 300 g/mol. The zero-order valence-electron chi connectivity index (χ0n) is 14.4. The van der Waals surface area contributed by atoms with Crippen LogP contribution in [0.2, 0.25) is 0 Å². The molecule has 0 radical (unpaired) electrons. The largest absolute Gasteiger partial charge is 0.352 e. The molecule has 0 aliphatic carbocycles. The van der Waals surface area contributed by atoms with Crippen molar-refractivity contribution in [2.45, 2.75) is 27.2 Å². The van der Waals surface area contributed by atoms with Crippen molar-refractivity contribution in [2.75, 3.05) is 11.9 Å². The Morgan fingerprint density at radius 3 is 2.21 bits per heavy atom. The van der Waals surface area contributed by atoms with E-state index in [1.807, 2.05) is 51.1 Å². The average Bonchev–Trinajstić information content (AvgIpc) is 2.55. The van der Waals surface area contributed by atoms with Crippen LogP contribution in [0.25, 0.3) is 0 Å². The smallest absolute Gasteiger partial charge is 0.253 e. The van der Waals surface area contributed by atoms with Gasteiger partial charge in [-0.1, -0.05) is 63.2 Å². The molecule has 0 saturated carbocycles. The van der Waals surface area contributed by atoms with Crippen molar-refractivity contribution >= 4 is 17.5 Å². The minimum Gasteiger partial charge on any atom is -0.352 e. The number of benzene rings is 2. The molecule has 24 heavy (non-hydrogen) atoms. The number of rotatable bonds is 5. The second-order valence-electron chi connectivity index (χ2n) is 6.74. The van der Waals surface area contributed by atoms with E-state index in [0.717, 1.165) is 6.42 Å². The first-order valence-corrected chi connectivity index (χ1v) is 8.10. The van der Waals surface area contributed by atoms with Crippen molar-refractivity contribution < 1.29 is 9.59 Å². The zero-order valence-corrected chi connectivity index (χ0v) is 14.4. The lowest BCUT2D eigenvalue weighted by Crippen LogP contribution is -2.30. The van der Waals surface area contributed by atoms with Crippen molar-refractivity contribution in [1.29, 1.82) is 0 Å². The van der Waals surface area contributed by atoms with E-state index in [0.29, 0.717) is 17.8 Å². The third kappa shape index (κ3) is 4.95. The topological polar surface area (TPSA) is 58.2 Å². The maximum Gasteiger partial charge on any atom is 0.253 e. The summed E-state index contributed by atoms with van der Waals surface area (Å²) < 4.78 is 0. The molecule has 0 heterocycles. The number of nitrogens with one attached hydrogen (secondary N) is 2. The molecule has 0 fully saturated rings. The molecule has 126 valence electrons. The summed E-state index contributed by atoms with van der Waals surface area (Å²) in [5, 5.41) is 5.75. The minimum atomic E-state index is -0.517. The predicted molar refractivity (Wildman–Crippen MR) is 97.0 cm³/mol. The van der Waals surface area contributed by atoms with Gasteiger partial charge in [0.1, 0.15) is 0 Å². The Kier molecular flexibility index (Phi) is 5.74. The Bertz CT molecular complexity index is 703. The molecule has 2 N–H and O–H groups in total. The van der Waals surface area contributed by atoms with Gasteiger partial charge in [-0.15, -0.1) is 0 Å². The normalized spacial score (nSPS) is 11.0. The molecule has 0 aromatic heterocycles. The second-order valence-corrected chi connectivity index (χ2v) is 6.74. The van der Waals surface area contributed by atoms with Crippen LogP contribution in [0.4, 0.5) is 5.69 Å². The monoisotopic (exact) mass is 324 g/mol. The minimum absolute atomic E-state index is 0.118. The molecular formula is C20H24N2O2. The Labute approximate surface area is 143 Å². The van der Waals surface area contributed by atoms with Gasteiger partial charge in [-0.25, -0.2) is 0 Å². The third-order valence-electron chi connectivity index (χ3n) is 3.64. The highest BCUT2D eigenvalue weighted by Gasteiger charge is 2.22. The van der Waals surface area contributed by atoms with E-state index in [4.69, 9.17) is 0 Å². The quantitative estimate of drug-likeness (QED) is 0.882. The van der Waals surface area contributed by atoms with Crippen LogP contribution in [-0.2, 0) is 11.2 Å². The first kappa shape index (κ1) is 17.7. The number of hydrogen-bond acceptors (Lipinski definition) is 2. The summed E-state index contributed by atoms with van der Waals surface area (Å²) in [5.74, 6) is -0.303. The summed E-state index contributed by atoms with van der Waals surface area (Å²) in [7, 11) is 0. The van der Waals surface area contributed by atoms with E-state index < -0.39 is 5.41 Å². The molecule has 2 rings (SSSR count). The molecule has 2 amide bonds. The van der Waals surface area contributed by atoms with Gasteiger partial charge in [0.05, 0.1) is 11.3 Å². The molecule has 0 unspecified atom stereocenters. The van der Waals surface area contributed by atoms with Crippen molar-refractivity contribution in [2.24, 2.45) is 5.41 Å². The molecule has 0 aliphatic heterocycles. The van der Waals surface area contributed by atoms with Gasteiger partial charge < -0.3 is 10.6 Å². The fraction of sp³-hybridized carbons (Fsp3) is 0.300. The number of amides is 2. The van der Waals surface area contributed by atoms with Gasteiger partial charge in [0.25, 0.3) is 5.91 Å². The fourth-order valence-corrected chi connectivity index (χ4v) is 2.16. The van der Waals surface area contributed by atoms with E-state index in [9.17, 15) is 9.59 Å². The summed E-state index contributed by atoms with van der Waals surface area (Å²) >= 11 is 0. The third-order valence-corrected chi connectivity index (χ3v) is 3.64. The summed E-state index contributed by atoms with van der Waals surface area (Å²) in [4.78, 5) is 24.6. The van der Waals surface area contributed by atoms with Crippen LogP contribution in [0.15, 0.2) is 54.6 Å². The Hall–Kier alpha value is -2.62. The average molecular weight is 324 g/mol. The fourth-order valence-electron chi connectivity index (χ4n) is 2.16. The van der Waals surface area contributed by atoms with Crippen LogP contribution in [0.1, 0.15) is 36.7 Å². The first-order chi connectivity index (χ1) is 11.4. The van der Waals surface area contributed by atoms with Crippen LogP contribution >= 0.6 is 0 Å². The van der Waals surface area contributed by atoms with Crippen molar-refractivity contribution in [3.05, 3.63) is 65.7 Å². The van der Waals surface area contributed by atoms with Gasteiger partial charge in [0, 0.05) is 12.0 Å². The number of carbonyl (C=O) groups excluding carboxylic acids is 2. The molecule has 4 heteroatoms. The van der Waals surface area contributed by atoms with Crippen molar-refractivity contribution in [3.63, 3.8) is 0 Å². The molecule has 0 aliphatic rings. The Balaban J connectivity index is 2.00. The predicted octanol–water partition coefficient (Wildman–Crippen LogP) is 3.64. The lowest BCUT2D eigenvalue weighted by molar-refractivity contribution is -0.123. The van der Waals surface area contributed by atoms with Crippen LogP contribution in [0, 0.1) is 5.41 Å². The van der Waals surface area contributed by atoms with E-state index in [-0.39, 0.29) is 11.8 Å². The van der Waals surface area contributed by atoms with Crippen LogP contribution in [0.3, 0.4) is 0 Å². The Morgan fingerprint density at radius 2 is 1.54 bits per heavy atom. The SMILES string of the molecule is CC(C)(C)C(=O)Nc1ccccc1C(=O)NCCc1ccccc1. The standard InChI is InChI=1S/C20H24N2O2/c1-20(2,3)19(24)22-17-12-8-7-11-16(17)18(23)21-14-13-15-9-5-4-6-10-15/h4-12H,13-14H2,1-3H3,(H,21,23)(H,22,24). The molecule has 0 spiro atoms. The van der Waals surface area contributed by atoms with Crippen LogP contribution in [0.5, 0.6) is 0 Å². The zero-order chi connectivity index (χ0) is 17.6. The van der Waals surface area contributed by atoms with E-state index >= 15 is 0 Å². The summed E-state index contributed by atoms with van der Waals surface area (Å²) in [6.07, 6.45) is 0.767. The number of hydrogen-bond donors (Lipinski definition) is 2. The maximum absolute atomic E-state index is 12.4. The number of anilines is 1. The molecule has 4 nitrogen and oxygen atoms in total.